The second-order valence-corrected chi connectivity index (χ2v) is 6.32. The highest BCUT2D eigenvalue weighted by Crippen LogP contribution is 2.24. The third-order valence-corrected chi connectivity index (χ3v) is 3.77. The number of hydrogen-bond donors (Lipinski definition) is 0. The molecule has 0 atom stereocenters. The van der Waals surface area contributed by atoms with Crippen LogP contribution in [0, 0.1) is 19.8 Å². The summed E-state index contributed by atoms with van der Waals surface area (Å²) >= 11 is 0. The fourth-order valence-electron chi connectivity index (χ4n) is 2.64. The maximum Gasteiger partial charge on any atom is 0.261 e. The van der Waals surface area contributed by atoms with Crippen molar-refractivity contribution in [2.75, 3.05) is 0 Å². The molecule has 1 aromatic heterocycles. The minimum Gasteiger partial charge on any atom is -0.307 e. The zero-order valence-corrected chi connectivity index (χ0v) is 13.9. The molecule has 0 saturated carbocycles. The minimum absolute atomic E-state index is 0.185. The normalized spacial score (nSPS) is 11.0. The van der Waals surface area contributed by atoms with Crippen LogP contribution < -0.4 is 5.56 Å². The summed E-state index contributed by atoms with van der Waals surface area (Å²) < 4.78 is 1.74. The Labute approximate surface area is 131 Å². The van der Waals surface area contributed by atoms with E-state index < -0.39 is 0 Å². The van der Waals surface area contributed by atoms with Crippen molar-refractivity contribution in [2.24, 2.45) is 5.92 Å². The number of carbonyl (C=O) groups excluding carboxylic acids is 1. The van der Waals surface area contributed by atoms with Crippen LogP contribution in [-0.2, 0) is 6.54 Å². The molecule has 0 aliphatic rings. The van der Waals surface area contributed by atoms with E-state index in [1.54, 1.807) is 10.6 Å². The van der Waals surface area contributed by atoms with Gasteiger partial charge in [0.15, 0.2) is 5.78 Å². The molecular formula is C19H23NO2. The quantitative estimate of drug-likeness (QED) is 0.800. The van der Waals surface area contributed by atoms with Crippen LogP contribution >= 0.6 is 0 Å². The smallest absolute Gasteiger partial charge is 0.261 e. The lowest BCUT2D eigenvalue weighted by atomic mass is 10.0. The minimum atomic E-state index is -0.195. The maximum absolute atomic E-state index is 12.7. The molecule has 2 rings (SSSR count). The van der Waals surface area contributed by atoms with Crippen LogP contribution in [0.25, 0.3) is 11.3 Å². The molecule has 0 spiro atoms. The van der Waals surface area contributed by atoms with E-state index in [9.17, 15) is 9.59 Å². The van der Waals surface area contributed by atoms with Crippen molar-refractivity contribution in [2.45, 2.75) is 41.2 Å². The molecule has 0 bridgehead atoms. The Balaban J connectivity index is 2.75. The molecule has 2 aromatic rings. The molecule has 0 aliphatic carbocycles. The highest BCUT2D eigenvalue weighted by atomic mass is 16.1. The van der Waals surface area contributed by atoms with Gasteiger partial charge in [-0.3, -0.25) is 9.59 Å². The summed E-state index contributed by atoms with van der Waals surface area (Å²) in [6.07, 6.45) is 0. The summed E-state index contributed by atoms with van der Waals surface area (Å²) in [5.41, 5.74) is 4.27. The molecule has 3 nitrogen and oxygen atoms in total. The molecule has 0 radical (unpaired) electrons. The SMILES string of the molecule is CC(=O)c1ccc(-c2cc(C)ccc2C)n(CC(C)C)c1=O. The van der Waals surface area contributed by atoms with E-state index in [0.29, 0.717) is 12.5 Å². The van der Waals surface area contributed by atoms with Crippen molar-refractivity contribution >= 4 is 5.78 Å². The number of Topliss-reactive ketones (excluding diaryl/α,β-unsaturated/α-hetero) is 1. The van der Waals surface area contributed by atoms with Crippen LogP contribution in [0.1, 0.15) is 42.3 Å². The molecule has 3 heteroatoms. The molecule has 1 aromatic carbocycles. The number of ketones is 1. The third-order valence-electron chi connectivity index (χ3n) is 3.77. The fraction of sp³-hybridized carbons (Fsp3) is 0.368. The van der Waals surface area contributed by atoms with E-state index >= 15 is 0 Å². The number of rotatable bonds is 4. The van der Waals surface area contributed by atoms with Gasteiger partial charge in [-0.05, 0) is 50.5 Å². The molecule has 0 N–H and O–H groups in total. The molecule has 0 aliphatic heterocycles. The van der Waals surface area contributed by atoms with E-state index in [2.05, 4.69) is 32.0 Å². The van der Waals surface area contributed by atoms with Gasteiger partial charge in [-0.15, -0.1) is 0 Å². The Morgan fingerprint density at radius 3 is 2.41 bits per heavy atom. The number of carbonyl (C=O) groups is 1. The number of hydrogen-bond acceptors (Lipinski definition) is 2. The second-order valence-electron chi connectivity index (χ2n) is 6.32. The van der Waals surface area contributed by atoms with Gasteiger partial charge in [0.2, 0.25) is 0 Å². The predicted molar refractivity (Wildman–Crippen MR) is 90.5 cm³/mol. The van der Waals surface area contributed by atoms with Gasteiger partial charge in [-0.25, -0.2) is 0 Å². The monoisotopic (exact) mass is 297 g/mol. The van der Waals surface area contributed by atoms with Crippen molar-refractivity contribution in [3.63, 3.8) is 0 Å². The average molecular weight is 297 g/mol. The average Bonchev–Trinajstić information content (AvgIpc) is 2.43. The van der Waals surface area contributed by atoms with Crippen LogP contribution in [0.3, 0.4) is 0 Å². The Hall–Kier alpha value is -2.16. The van der Waals surface area contributed by atoms with Crippen molar-refractivity contribution < 1.29 is 4.79 Å². The first-order valence-electron chi connectivity index (χ1n) is 7.63. The first kappa shape index (κ1) is 16.2. The lowest BCUT2D eigenvalue weighted by Gasteiger charge is -2.18. The molecule has 22 heavy (non-hydrogen) atoms. The summed E-state index contributed by atoms with van der Waals surface area (Å²) in [6, 6.07) is 9.76. The molecule has 0 fully saturated rings. The number of pyridine rings is 1. The topological polar surface area (TPSA) is 39.1 Å². The van der Waals surface area contributed by atoms with E-state index in [1.165, 1.54) is 6.92 Å². The van der Waals surface area contributed by atoms with Crippen LogP contribution in [0.5, 0.6) is 0 Å². The van der Waals surface area contributed by atoms with Crippen molar-refractivity contribution in [3.05, 3.63) is 57.4 Å². The van der Waals surface area contributed by atoms with Gasteiger partial charge in [0.1, 0.15) is 0 Å². The van der Waals surface area contributed by atoms with Gasteiger partial charge in [0.05, 0.1) is 11.3 Å². The van der Waals surface area contributed by atoms with Crippen LogP contribution in [0.15, 0.2) is 35.1 Å². The second kappa shape index (κ2) is 6.30. The largest absolute Gasteiger partial charge is 0.307 e. The lowest BCUT2D eigenvalue weighted by molar-refractivity contribution is 0.101. The molecule has 116 valence electrons. The van der Waals surface area contributed by atoms with Gasteiger partial charge in [0.25, 0.3) is 5.56 Å². The van der Waals surface area contributed by atoms with Crippen molar-refractivity contribution in [1.82, 2.24) is 4.57 Å². The Morgan fingerprint density at radius 1 is 1.14 bits per heavy atom. The van der Waals surface area contributed by atoms with E-state index in [-0.39, 0.29) is 16.9 Å². The number of aryl methyl sites for hydroxylation is 2. The molecule has 0 saturated heterocycles. The fourth-order valence-corrected chi connectivity index (χ4v) is 2.64. The lowest BCUT2D eigenvalue weighted by Crippen LogP contribution is -2.28. The first-order chi connectivity index (χ1) is 10.3. The number of aromatic nitrogens is 1. The standard InChI is InChI=1S/C19H23NO2/c1-12(2)11-20-18(9-8-16(15(5)21)19(20)22)17-10-13(3)6-7-14(17)4/h6-10,12H,11H2,1-5H3. The summed E-state index contributed by atoms with van der Waals surface area (Å²) in [7, 11) is 0. The van der Waals surface area contributed by atoms with Gasteiger partial charge in [0, 0.05) is 12.1 Å². The Bertz CT molecular complexity index is 769. The third kappa shape index (κ3) is 3.19. The molecule has 0 amide bonds. The summed E-state index contributed by atoms with van der Waals surface area (Å²) in [6.45, 7) is 10.3. The van der Waals surface area contributed by atoms with Crippen molar-refractivity contribution in [1.29, 1.82) is 0 Å². The predicted octanol–water partition coefficient (Wildman–Crippen LogP) is 3.99. The first-order valence-corrected chi connectivity index (χ1v) is 7.63. The van der Waals surface area contributed by atoms with Crippen LogP contribution in [0.2, 0.25) is 0 Å². The Kier molecular flexibility index (Phi) is 4.65. The Morgan fingerprint density at radius 2 is 1.82 bits per heavy atom. The van der Waals surface area contributed by atoms with Gasteiger partial charge in [-0.1, -0.05) is 31.5 Å². The summed E-state index contributed by atoms with van der Waals surface area (Å²) in [4.78, 5) is 24.3. The maximum atomic E-state index is 12.7. The summed E-state index contributed by atoms with van der Waals surface area (Å²) in [5, 5.41) is 0. The van der Waals surface area contributed by atoms with Gasteiger partial charge >= 0.3 is 0 Å². The number of benzene rings is 1. The zero-order valence-electron chi connectivity index (χ0n) is 13.9. The highest BCUT2D eigenvalue weighted by Gasteiger charge is 2.15. The van der Waals surface area contributed by atoms with E-state index in [0.717, 1.165) is 22.4 Å². The van der Waals surface area contributed by atoms with E-state index in [4.69, 9.17) is 0 Å². The molecule has 1 heterocycles. The molecular weight excluding hydrogens is 274 g/mol. The zero-order chi connectivity index (χ0) is 16.4. The highest BCUT2D eigenvalue weighted by molar-refractivity contribution is 5.94. The van der Waals surface area contributed by atoms with Crippen LogP contribution in [-0.4, -0.2) is 10.4 Å². The van der Waals surface area contributed by atoms with Crippen LogP contribution in [0.4, 0.5) is 0 Å². The van der Waals surface area contributed by atoms with E-state index in [1.807, 2.05) is 19.9 Å². The molecule has 0 unspecified atom stereocenters. The van der Waals surface area contributed by atoms with Gasteiger partial charge in [-0.2, -0.15) is 0 Å². The van der Waals surface area contributed by atoms with Crippen molar-refractivity contribution in [3.8, 4) is 11.3 Å². The van der Waals surface area contributed by atoms with Gasteiger partial charge < -0.3 is 4.57 Å². The number of nitrogens with zero attached hydrogens (tertiary/aromatic N) is 1. The summed E-state index contributed by atoms with van der Waals surface area (Å²) in [5.74, 6) is 0.138.